The minimum Gasteiger partial charge on any atom is -0.293 e. The summed E-state index contributed by atoms with van der Waals surface area (Å²) in [7, 11) is 0. The van der Waals surface area contributed by atoms with Gasteiger partial charge >= 0.3 is 0 Å². The van der Waals surface area contributed by atoms with Gasteiger partial charge in [-0.05, 0) is 36.8 Å². The fourth-order valence-electron chi connectivity index (χ4n) is 2.35. The SMILES string of the molecule is CC(c1ccc(F)cc1)n1c(-c2ccccc2)n[nH]c1=S. The van der Waals surface area contributed by atoms with Gasteiger partial charge in [-0.15, -0.1) is 0 Å². The van der Waals surface area contributed by atoms with Crippen LogP contribution in [0.4, 0.5) is 4.39 Å². The second-order valence-electron chi connectivity index (χ2n) is 4.82. The molecular weight excluding hydrogens is 285 g/mol. The van der Waals surface area contributed by atoms with Gasteiger partial charge in [-0.2, -0.15) is 5.10 Å². The Labute approximate surface area is 127 Å². The van der Waals surface area contributed by atoms with E-state index in [9.17, 15) is 4.39 Å². The van der Waals surface area contributed by atoms with E-state index >= 15 is 0 Å². The number of H-pyrrole nitrogens is 1. The number of benzene rings is 2. The average molecular weight is 299 g/mol. The summed E-state index contributed by atoms with van der Waals surface area (Å²) in [5.41, 5.74) is 1.96. The van der Waals surface area contributed by atoms with Crippen LogP contribution in [0.1, 0.15) is 18.5 Å². The summed E-state index contributed by atoms with van der Waals surface area (Å²) >= 11 is 5.35. The Bertz CT molecular complexity index is 790. The highest BCUT2D eigenvalue weighted by atomic mass is 32.1. The molecule has 0 radical (unpaired) electrons. The lowest BCUT2D eigenvalue weighted by atomic mass is 10.1. The second kappa shape index (κ2) is 5.61. The van der Waals surface area contributed by atoms with Crippen molar-refractivity contribution in [2.75, 3.05) is 0 Å². The zero-order chi connectivity index (χ0) is 14.8. The summed E-state index contributed by atoms with van der Waals surface area (Å²) in [6, 6.07) is 16.3. The summed E-state index contributed by atoms with van der Waals surface area (Å²) in [4.78, 5) is 0. The zero-order valence-electron chi connectivity index (χ0n) is 11.5. The summed E-state index contributed by atoms with van der Waals surface area (Å²) < 4.78 is 15.6. The van der Waals surface area contributed by atoms with Gasteiger partial charge in [-0.1, -0.05) is 42.5 Å². The smallest absolute Gasteiger partial charge is 0.196 e. The van der Waals surface area contributed by atoms with E-state index in [1.165, 1.54) is 12.1 Å². The summed E-state index contributed by atoms with van der Waals surface area (Å²) in [6.07, 6.45) is 0. The number of hydrogen-bond acceptors (Lipinski definition) is 2. The first kappa shape index (κ1) is 13.7. The molecule has 0 fully saturated rings. The molecular formula is C16H14FN3S. The van der Waals surface area contributed by atoms with Crippen LogP contribution in [0.5, 0.6) is 0 Å². The third kappa shape index (κ3) is 2.64. The first-order valence-electron chi connectivity index (χ1n) is 6.64. The topological polar surface area (TPSA) is 33.6 Å². The van der Waals surface area contributed by atoms with Crippen LogP contribution in [0.3, 0.4) is 0 Å². The molecule has 0 bridgehead atoms. The molecule has 0 spiro atoms. The maximum atomic E-state index is 13.1. The number of nitrogens with zero attached hydrogens (tertiary/aromatic N) is 2. The van der Waals surface area contributed by atoms with Crippen molar-refractivity contribution < 1.29 is 4.39 Å². The number of aromatic amines is 1. The van der Waals surface area contributed by atoms with Crippen LogP contribution in [0.2, 0.25) is 0 Å². The zero-order valence-corrected chi connectivity index (χ0v) is 12.3. The van der Waals surface area contributed by atoms with E-state index in [0.29, 0.717) is 4.77 Å². The van der Waals surface area contributed by atoms with Crippen molar-refractivity contribution >= 4 is 12.2 Å². The largest absolute Gasteiger partial charge is 0.293 e. The summed E-state index contributed by atoms with van der Waals surface area (Å²) in [5, 5.41) is 7.16. The van der Waals surface area contributed by atoms with E-state index in [0.717, 1.165) is 17.0 Å². The molecule has 0 aliphatic rings. The Morgan fingerprint density at radius 1 is 1.10 bits per heavy atom. The number of aromatic nitrogens is 3. The van der Waals surface area contributed by atoms with E-state index < -0.39 is 0 Å². The third-order valence-electron chi connectivity index (χ3n) is 3.48. The van der Waals surface area contributed by atoms with Crippen LogP contribution in [-0.2, 0) is 0 Å². The minimum absolute atomic E-state index is 0.0351. The highest BCUT2D eigenvalue weighted by molar-refractivity contribution is 7.71. The van der Waals surface area contributed by atoms with Gasteiger partial charge in [0.05, 0.1) is 6.04 Å². The van der Waals surface area contributed by atoms with Crippen molar-refractivity contribution in [1.82, 2.24) is 14.8 Å². The fraction of sp³-hybridized carbons (Fsp3) is 0.125. The predicted molar refractivity (Wildman–Crippen MR) is 83.1 cm³/mol. The molecule has 1 unspecified atom stereocenters. The van der Waals surface area contributed by atoms with E-state index in [1.54, 1.807) is 12.1 Å². The molecule has 2 aromatic carbocycles. The van der Waals surface area contributed by atoms with Crippen molar-refractivity contribution in [1.29, 1.82) is 0 Å². The normalized spacial score (nSPS) is 12.3. The maximum Gasteiger partial charge on any atom is 0.196 e. The molecule has 0 saturated heterocycles. The van der Waals surface area contributed by atoms with Crippen LogP contribution in [-0.4, -0.2) is 14.8 Å². The van der Waals surface area contributed by atoms with Crippen molar-refractivity contribution in [3.63, 3.8) is 0 Å². The Kier molecular flexibility index (Phi) is 3.66. The fourth-order valence-corrected chi connectivity index (χ4v) is 2.64. The molecule has 1 heterocycles. The van der Waals surface area contributed by atoms with Gasteiger partial charge in [0.2, 0.25) is 0 Å². The molecule has 21 heavy (non-hydrogen) atoms. The van der Waals surface area contributed by atoms with Crippen LogP contribution in [0.15, 0.2) is 54.6 Å². The molecule has 5 heteroatoms. The third-order valence-corrected chi connectivity index (χ3v) is 3.76. The number of hydrogen-bond donors (Lipinski definition) is 1. The molecule has 1 atom stereocenters. The van der Waals surface area contributed by atoms with Gasteiger partial charge < -0.3 is 0 Å². The Hall–Kier alpha value is -2.27. The maximum absolute atomic E-state index is 13.1. The second-order valence-corrected chi connectivity index (χ2v) is 5.20. The van der Waals surface area contributed by atoms with Crippen LogP contribution in [0, 0.1) is 10.6 Å². The van der Waals surface area contributed by atoms with E-state index in [-0.39, 0.29) is 11.9 Å². The highest BCUT2D eigenvalue weighted by Gasteiger charge is 2.15. The van der Waals surface area contributed by atoms with E-state index in [4.69, 9.17) is 12.2 Å². The molecule has 106 valence electrons. The van der Waals surface area contributed by atoms with E-state index in [1.807, 2.05) is 41.8 Å². The van der Waals surface area contributed by atoms with Gasteiger partial charge in [-0.3, -0.25) is 9.67 Å². The van der Waals surface area contributed by atoms with Crippen molar-refractivity contribution in [3.05, 3.63) is 70.7 Å². The first-order valence-corrected chi connectivity index (χ1v) is 7.05. The summed E-state index contributed by atoms with van der Waals surface area (Å²) in [6.45, 7) is 2.02. The molecule has 1 aromatic heterocycles. The van der Waals surface area contributed by atoms with Crippen LogP contribution >= 0.6 is 12.2 Å². The van der Waals surface area contributed by atoms with Crippen molar-refractivity contribution in [2.24, 2.45) is 0 Å². The molecule has 3 nitrogen and oxygen atoms in total. The Morgan fingerprint density at radius 3 is 2.43 bits per heavy atom. The summed E-state index contributed by atoms with van der Waals surface area (Å²) in [5.74, 6) is 0.530. The Morgan fingerprint density at radius 2 is 1.76 bits per heavy atom. The van der Waals surface area contributed by atoms with Crippen LogP contribution < -0.4 is 0 Å². The molecule has 0 saturated carbocycles. The quantitative estimate of drug-likeness (QED) is 0.729. The first-order chi connectivity index (χ1) is 10.2. The monoisotopic (exact) mass is 299 g/mol. The number of rotatable bonds is 3. The lowest BCUT2D eigenvalue weighted by molar-refractivity contribution is 0.614. The van der Waals surface area contributed by atoms with Gasteiger partial charge in [0, 0.05) is 5.56 Å². The molecule has 1 N–H and O–H groups in total. The molecule has 0 aliphatic heterocycles. The van der Waals surface area contributed by atoms with E-state index in [2.05, 4.69) is 10.2 Å². The lowest BCUT2D eigenvalue weighted by Crippen LogP contribution is -2.09. The average Bonchev–Trinajstić information content (AvgIpc) is 2.90. The molecule has 0 amide bonds. The predicted octanol–water partition coefficient (Wildman–Crippen LogP) is 4.36. The van der Waals surface area contributed by atoms with Crippen LogP contribution in [0.25, 0.3) is 11.4 Å². The minimum atomic E-state index is -0.245. The number of nitrogens with one attached hydrogen (secondary N) is 1. The molecule has 3 rings (SSSR count). The number of halogens is 1. The van der Waals surface area contributed by atoms with Gasteiger partial charge in [0.1, 0.15) is 5.82 Å². The standard InChI is InChI=1S/C16H14FN3S/c1-11(12-7-9-14(17)10-8-12)20-15(18-19-16(20)21)13-5-3-2-4-6-13/h2-11H,1H3,(H,19,21). The van der Waals surface area contributed by atoms with Gasteiger partial charge in [-0.25, -0.2) is 4.39 Å². The van der Waals surface area contributed by atoms with Gasteiger partial charge in [0.25, 0.3) is 0 Å². The molecule has 3 aromatic rings. The molecule has 0 aliphatic carbocycles. The van der Waals surface area contributed by atoms with Crippen molar-refractivity contribution in [2.45, 2.75) is 13.0 Å². The lowest BCUT2D eigenvalue weighted by Gasteiger charge is -2.16. The Balaban J connectivity index is 2.08. The highest BCUT2D eigenvalue weighted by Crippen LogP contribution is 2.25. The van der Waals surface area contributed by atoms with Gasteiger partial charge in [0.15, 0.2) is 10.6 Å². The van der Waals surface area contributed by atoms with Crippen molar-refractivity contribution in [3.8, 4) is 11.4 Å².